The van der Waals surface area contributed by atoms with Crippen molar-refractivity contribution in [3.05, 3.63) is 126 Å². The molecule has 0 saturated carbocycles. The molecule has 0 atom stereocenters. The quantitative estimate of drug-likeness (QED) is 0.241. The Balaban J connectivity index is 1.32. The summed E-state index contributed by atoms with van der Waals surface area (Å²) in [6.07, 6.45) is 1.56. The summed E-state index contributed by atoms with van der Waals surface area (Å²) in [6, 6.07) is 33.4. The lowest BCUT2D eigenvalue weighted by Gasteiger charge is -2.16. The lowest BCUT2D eigenvalue weighted by molar-refractivity contribution is -0.121. The summed E-state index contributed by atoms with van der Waals surface area (Å²) in [7, 11) is 1.54. The number of benzene rings is 4. The van der Waals surface area contributed by atoms with E-state index in [1.165, 1.54) is 0 Å². The number of carbonyl (C=O) groups excluding carboxylic acids is 2. The maximum absolute atomic E-state index is 13.0. The van der Waals surface area contributed by atoms with E-state index in [0.29, 0.717) is 17.2 Å². The molecule has 0 aromatic heterocycles. The van der Waals surface area contributed by atoms with Gasteiger partial charge < -0.3 is 14.8 Å². The fraction of sp³-hybridized carbons (Fsp3) is 0.100. The van der Waals surface area contributed by atoms with E-state index in [0.717, 1.165) is 16.7 Å². The Labute approximate surface area is 215 Å². The predicted octanol–water partition coefficient (Wildman–Crippen LogP) is 4.99. The molecule has 0 fully saturated rings. The topological polar surface area (TPSA) is 89.0 Å². The number of methoxy groups -OCH3 is 1. The molecule has 0 radical (unpaired) electrons. The number of anilines is 1. The third-order valence-corrected chi connectivity index (χ3v) is 5.55. The van der Waals surface area contributed by atoms with Gasteiger partial charge >= 0.3 is 0 Å². The van der Waals surface area contributed by atoms with Crippen LogP contribution in [-0.2, 0) is 9.59 Å². The van der Waals surface area contributed by atoms with Gasteiger partial charge in [0, 0.05) is 0 Å². The highest BCUT2D eigenvalue weighted by atomic mass is 16.5. The van der Waals surface area contributed by atoms with E-state index in [2.05, 4.69) is 15.8 Å². The summed E-state index contributed by atoms with van der Waals surface area (Å²) in [5.41, 5.74) is 5.77. The van der Waals surface area contributed by atoms with Crippen molar-refractivity contribution in [3.63, 3.8) is 0 Å². The summed E-state index contributed by atoms with van der Waals surface area (Å²) in [4.78, 5) is 25.3. The average Bonchev–Trinajstić information content (AvgIpc) is 2.94. The number of nitrogens with one attached hydrogen (secondary N) is 2. The van der Waals surface area contributed by atoms with E-state index >= 15 is 0 Å². The number of nitrogens with zero attached hydrogens (tertiary/aromatic N) is 1. The van der Waals surface area contributed by atoms with Crippen LogP contribution in [0.5, 0.6) is 11.5 Å². The van der Waals surface area contributed by atoms with Gasteiger partial charge in [0.25, 0.3) is 11.8 Å². The lowest BCUT2D eigenvalue weighted by Crippen LogP contribution is -2.26. The maximum atomic E-state index is 13.0. The highest BCUT2D eigenvalue weighted by Gasteiger charge is 2.22. The molecular formula is C30H27N3O4. The molecule has 4 aromatic rings. The Bertz CT molecular complexity index is 1300. The molecule has 0 aliphatic carbocycles. The third kappa shape index (κ3) is 7.05. The van der Waals surface area contributed by atoms with Gasteiger partial charge in [-0.3, -0.25) is 9.59 Å². The number of para-hydroxylation sites is 2. The Morgan fingerprint density at radius 2 is 1.41 bits per heavy atom. The molecule has 2 N–H and O–H groups in total. The van der Waals surface area contributed by atoms with Crippen molar-refractivity contribution in [2.24, 2.45) is 5.10 Å². The number of amides is 2. The Kier molecular flexibility index (Phi) is 8.64. The van der Waals surface area contributed by atoms with Crippen LogP contribution in [0, 0.1) is 0 Å². The van der Waals surface area contributed by atoms with Crippen molar-refractivity contribution in [3.8, 4) is 11.5 Å². The highest BCUT2D eigenvalue weighted by Crippen LogP contribution is 2.25. The zero-order chi connectivity index (χ0) is 25.9. The second kappa shape index (κ2) is 12.7. The van der Waals surface area contributed by atoms with Crippen LogP contribution in [0.15, 0.2) is 114 Å². The zero-order valence-corrected chi connectivity index (χ0v) is 20.3. The molecule has 0 aliphatic heterocycles. The van der Waals surface area contributed by atoms with Crippen molar-refractivity contribution in [1.82, 2.24) is 5.43 Å². The molecule has 4 rings (SSSR count). The van der Waals surface area contributed by atoms with Crippen molar-refractivity contribution < 1.29 is 19.1 Å². The van der Waals surface area contributed by atoms with E-state index in [1.54, 1.807) is 49.7 Å². The van der Waals surface area contributed by atoms with Gasteiger partial charge in [0.1, 0.15) is 11.5 Å². The molecular weight excluding hydrogens is 466 g/mol. The summed E-state index contributed by atoms with van der Waals surface area (Å²) in [5, 5.41) is 6.90. The minimum absolute atomic E-state index is 0.151. The minimum Gasteiger partial charge on any atom is -0.495 e. The summed E-state index contributed by atoms with van der Waals surface area (Å²) in [6.45, 7) is -0.151. The van der Waals surface area contributed by atoms with E-state index < -0.39 is 5.92 Å². The van der Waals surface area contributed by atoms with Crippen LogP contribution in [0.4, 0.5) is 5.69 Å². The number of rotatable bonds is 10. The first kappa shape index (κ1) is 25.2. The van der Waals surface area contributed by atoms with Crippen molar-refractivity contribution in [1.29, 1.82) is 0 Å². The molecule has 0 spiro atoms. The Morgan fingerprint density at radius 3 is 2.03 bits per heavy atom. The molecule has 37 heavy (non-hydrogen) atoms. The molecule has 186 valence electrons. The van der Waals surface area contributed by atoms with Crippen LogP contribution in [0.2, 0.25) is 0 Å². The van der Waals surface area contributed by atoms with Gasteiger partial charge in [-0.05, 0) is 53.1 Å². The SMILES string of the molecule is COc1ccccc1NC(=O)COc1ccc(/C=N/NC(=O)C(c2ccccc2)c2ccccc2)cc1. The molecule has 2 amide bonds. The van der Waals surface area contributed by atoms with Crippen LogP contribution in [0.25, 0.3) is 0 Å². The van der Waals surface area contributed by atoms with Gasteiger partial charge in [0.05, 0.1) is 24.9 Å². The zero-order valence-electron chi connectivity index (χ0n) is 20.3. The Morgan fingerprint density at radius 1 is 0.811 bits per heavy atom. The average molecular weight is 494 g/mol. The van der Waals surface area contributed by atoms with E-state index in [9.17, 15) is 9.59 Å². The summed E-state index contributed by atoms with van der Waals surface area (Å²) < 4.78 is 10.8. The summed E-state index contributed by atoms with van der Waals surface area (Å²) >= 11 is 0. The lowest BCUT2D eigenvalue weighted by atomic mass is 9.91. The maximum Gasteiger partial charge on any atom is 0.262 e. The van der Waals surface area contributed by atoms with Gasteiger partial charge in [-0.2, -0.15) is 5.10 Å². The molecule has 0 unspecified atom stereocenters. The monoisotopic (exact) mass is 493 g/mol. The number of hydrogen-bond acceptors (Lipinski definition) is 5. The number of hydrogen-bond donors (Lipinski definition) is 2. The van der Waals surface area contributed by atoms with E-state index in [1.807, 2.05) is 72.8 Å². The van der Waals surface area contributed by atoms with Gasteiger partial charge in [0.15, 0.2) is 6.61 Å². The highest BCUT2D eigenvalue weighted by molar-refractivity contribution is 5.93. The fourth-order valence-corrected chi connectivity index (χ4v) is 3.75. The van der Waals surface area contributed by atoms with Crippen molar-refractivity contribution >= 4 is 23.7 Å². The molecule has 0 aliphatic rings. The first-order valence-electron chi connectivity index (χ1n) is 11.7. The van der Waals surface area contributed by atoms with Gasteiger partial charge in [-0.15, -0.1) is 0 Å². The predicted molar refractivity (Wildman–Crippen MR) is 144 cm³/mol. The molecule has 0 heterocycles. The van der Waals surface area contributed by atoms with Crippen molar-refractivity contribution in [2.45, 2.75) is 5.92 Å². The summed E-state index contributed by atoms with van der Waals surface area (Å²) in [5.74, 6) is 0.103. The number of hydrazone groups is 1. The fourth-order valence-electron chi connectivity index (χ4n) is 3.75. The van der Waals surface area contributed by atoms with Gasteiger partial charge in [-0.1, -0.05) is 72.8 Å². The van der Waals surface area contributed by atoms with Crippen LogP contribution >= 0.6 is 0 Å². The first-order valence-corrected chi connectivity index (χ1v) is 11.7. The van der Waals surface area contributed by atoms with Crippen LogP contribution in [-0.4, -0.2) is 31.7 Å². The van der Waals surface area contributed by atoms with Gasteiger partial charge in [-0.25, -0.2) is 5.43 Å². The van der Waals surface area contributed by atoms with Crippen LogP contribution in [0.3, 0.4) is 0 Å². The minimum atomic E-state index is -0.475. The second-order valence-corrected chi connectivity index (χ2v) is 8.09. The first-order chi connectivity index (χ1) is 18.1. The van der Waals surface area contributed by atoms with Crippen molar-refractivity contribution in [2.75, 3.05) is 19.0 Å². The number of ether oxygens (including phenoxy) is 2. The molecule has 4 aromatic carbocycles. The number of carbonyl (C=O) groups is 2. The normalized spacial score (nSPS) is 10.8. The Hall–Kier alpha value is -4.91. The molecule has 0 saturated heterocycles. The largest absolute Gasteiger partial charge is 0.495 e. The van der Waals surface area contributed by atoms with Crippen LogP contribution in [0.1, 0.15) is 22.6 Å². The molecule has 7 heteroatoms. The third-order valence-electron chi connectivity index (χ3n) is 5.55. The molecule has 0 bridgehead atoms. The standard InChI is InChI=1S/C30H27N3O4/c1-36-27-15-9-8-14-26(27)32-28(34)21-37-25-18-16-22(17-19-25)20-31-33-30(35)29(23-10-4-2-5-11-23)24-12-6-3-7-13-24/h2-20,29H,21H2,1H3,(H,32,34)(H,33,35)/b31-20+. The molecule has 7 nitrogen and oxygen atoms in total. The van der Waals surface area contributed by atoms with E-state index in [-0.39, 0.29) is 18.4 Å². The van der Waals surface area contributed by atoms with Crippen LogP contribution < -0.4 is 20.2 Å². The second-order valence-electron chi connectivity index (χ2n) is 8.09. The smallest absolute Gasteiger partial charge is 0.262 e. The van der Waals surface area contributed by atoms with E-state index in [4.69, 9.17) is 9.47 Å². The van der Waals surface area contributed by atoms with Gasteiger partial charge in [0.2, 0.25) is 0 Å².